The molecule has 2 aliphatic heterocycles. The molecule has 1 saturated heterocycles. The van der Waals surface area contributed by atoms with Gasteiger partial charge in [-0.05, 0) is 48.9 Å². The molecule has 0 N–H and O–H groups in total. The number of fused-ring (bicyclic) bond motifs is 2. The van der Waals surface area contributed by atoms with Crippen LogP contribution >= 0.6 is 0 Å². The van der Waals surface area contributed by atoms with Gasteiger partial charge in [-0.1, -0.05) is 31.2 Å². The molecular formula is C23H24N4O2. The first-order chi connectivity index (χ1) is 14.1. The lowest BCUT2D eigenvalue weighted by Crippen LogP contribution is -2.39. The van der Waals surface area contributed by atoms with Gasteiger partial charge >= 0.3 is 0 Å². The lowest BCUT2D eigenvalue weighted by atomic mass is 10.00. The highest BCUT2D eigenvalue weighted by atomic mass is 16.2. The molecule has 1 atom stereocenters. The van der Waals surface area contributed by atoms with Crippen molar-refractivity contribution in [3.05, 3.63) is 65.7 Å². The molecule has 0 aliphatic carbocycles. The summed E-state index contributed by atoms with van der Waals surface area (Å²) < 4.78 is 1.75. The molecule has 6 nitrogen and oxygen atoms in total. The summed E-state index contributed by atoms with van der Waals surface area (Å²) in [6, 6.07) is 13.6. The SMILES string of the molecule is CC1CCCN(C(=O)c2nc(C(=O)N3CCc4ccccc43)n3ccccc23)C1. The van der Waals surface area contributed by atoms with Gasteiger partial charge < -0.3 is 9.80 Å². The van der Waals surface area contributed by atoms with E-state index in [4.69, 9.17) is 0 Å². The van der Waals surface area contributed by atoms with Crippen LogP contribution in [-0.4, -0.2) is 45.7 Å². The Morgan fingerprint density at radius 2 is 1.86 bits per heavy atom. The Kier molecular flexibility index (Phi) is 4.34. The number of imidazole rings is 1. The molecular weight excluding hydrogens is 364 g/mol. The van der Waals surface area contributed by atoms with E-state index < -0.39 is 0 Å². The standard InChI is InChI=1S/C23H24N4O2/c1-16-7-6-12-25(15-16)22(28)20-19-10-4-5-13-26(19)21(24-20)23(29)27-14-11-17-8-2-3-9-18(17)27/h2-5,8-10,13,16H,6-7,11-12,14-15H2,1H3. The first-order valence-corrected chi connectivity index (χ1v) is 10.3. The molecule has 1 aromatic carbocycles. The van der Waals surface area contributed by atoms with Gasteiger partial charge in [0.1, 0.15) is 0 Å². The minimum Gasteiger partial charge on any atom is -0.337 e. The zero-order chi connectivity index (χ0) is 20.0. The minimum atomic E-state index is -0.165. The predicted molar refractivity (Wildman–Crippen MR) is 111 cm³/mol. The summed E-state index contributed by atoms with van der Waals surface area (Å²) in [4.78, 5) is 34.9. The zero-order valence-corrected chi connectivity index (χ0v) is 16.5. The summed E-state index contributed by atoms with van der Waals surface area (Å²) in [7, 11) is 0. The first kappa shape index (κ1) is 17.9. The molecule has 6 heteroatoms. The van der Waals surface area contributed by atoms with E-state index in [9.17, 15) is 9.59 Å². The normalized spacial score (nSPS) is 18.9. The fourth-order valence-electron chi connectivity index (χ4n) is 4.54. The van der Waals surface area contributed by atoms with Crippen molar-refractivity contribution in [1.29, 1.82) is 0 Å². The van der Waals surface area contributed by atoms with Crippen LogP contribution in [0.5, 0.6) is 0 Å². The van der Waals surface area contributed by atoms with Crippen LogP contribution in [0.15, 0.2) is 48.7 Å². The van der Waals surface area contributed by atoms with E-state index in [0.29, 0.717) is 29.5 Å². The second-order valence-corrected chi connectivity index (χ2v) is 8.07. The Morgan fingerprint density at radius 3 is 2.72 bits per heavy atom. The van der Waals surface area contributed by atoms with Crippen molar-refractivity contribution in [2.45, 2.75) is 26.2 Å². The van der Waals surface area contributed by atoms with Crippen LogP contribution < -0.4 is 4.90 Å². The van der Waals surface area contributed by atoms with Crippen molar-refractivity contribution in [1.82, 2.24) is 14.3 Å². The highest BCUT2D eigenvalue weighted by Gasteiger charge is 2.31. The molecule has 4 heterocycles. The number of pyridine rings is 1. The number of amides is 2. The molecule has 0 bridgehead atoms. The van der Waals surface area contributed by atoms with E-state index in [1.807, 2.05) is 47.5 Å². The predicted octanol–water partition coefficient (Wildman–Crippen LogP) is 3.41. The van der Waals surface area contributed by atoms with Gasteiger partial charge in [-0.25, -0.2) is 4.98 Å². The van der Waals surface area contributed by atoms with Crippen LogP contribution in [0.25, 0.3) is 5.52 Å². The lowest BCUT2D eigenvalue weighted by molar-refractivity contribution is 0.0679. The van der Waals surface area contributed by atoms with Crippen molar-refractivity contribution in [2.24, 2.45) is 5.92 Å². The number of hydrogen-bond donors (Lipinski definition) is 0. The molecule has 0 radical (unpaired) electrons. The number of rotatable bonds is 2. The van der Waals surface area contributed by atoms with E-state index in [0.717, 1.165) is 38.0 Å². The molecule has 1 fully saturated rings. The van der Waals surface area contributed by atoms with Gasteiger partial charge in [0.05, 0.1) is 5.52 Å². The molecule has 3 aromatic rings. The van der Waals surface area contributed by atoms with Crippen LogP contribution in [-0.2, 0) is 6.42 Å². The number of aromatic nitrogens is 2. The van der Waals surface area contributed by atoms with Crippen molar-refractivity contribution in [3.63, 3.8) is 0 Å². The molecule has 5 rings (SSSR count). The Bertz CT molecular complexity index is 1100. The number of nitrogens with zero attached hydrogens (tertiary/aromatic N) is 4. The minimum absolute atomic E-state index is 0.0823. The van der Waals surface area contributed by atoms with Crippen molar-refractivity contribution < 1.29 is 9.59 Å². The lowest BCUT2D eigenvalue weighted by Gasteiger charge is -2.30. The average Bonchev–Trinajstić information content (AvgIpc) is 3.35. The maximum atomic E-state index is 13.4. The van der Waals surface area contributed by atoms with Gasteiger partial charge in [-0.3, -0.25) is 14.0 Å². The zero-order valence-electron chi connectivity index (χ0n) is 16.5. The largest absolute Gasteiger partial charge is 0.337 e. The van der Waals surface area contributed by atoms with Crippen LogP contribution in [0.1, 0.15) is 46.4 Å². The van der Waals surface area contributed by atoms with Gasteiger partial charge in [0, 0.05) is 31.5 Å². The molecule has 29 heavy (non-hydrogen) atoms. The number of piperidine rings is 1. The van der Waals surface area contributed by atoms with E-state index in [1.54, 1.807) is 9.30 Å². The number of anilines is 1. The third-order valence-electron chi connectivity index (χ3n) is 6.02. The van der Waals surface area contributed by atoms with E-state index in [-0.39, 0.29) is 11.8 Å². The fraction of sp³-hybridized carbons (Fsp3) is 0.348. The number of para-hydroxylation sites is 1. The summed E-state index contributed by atoms with van der Waals surface area (Å²) in [6.07, 6.45) is 4.80. The fourth-order valence-corrected chi connectivity index (χ4v) is 4.54. The van der Waals surface area contributed by atoms with Gasteiger partial charge in [0.25, 0.3) is 11.8 Å². The molecule has 2 aromatic heterocycles. The summed E-state index contributed by atoms with van der Waals surface area (Å²) in [6.45, 7) is 4.29. The van der Waals surface area contributed by atoms with Crippen LogP contribution in [0, 0.1) is 5.92 Å². The number of likely N-dealkylation sites (tertiary alicyclic amines) is 1. The molecule has 0 saturated carbocycles. The number of carbonyl (C=O) groups is 2. The van der Waals surface area contributed by atoms with Gasteiger partial charge in [0.15, 0.2) is 5.69 Å². The second kappa shape index (κ2) is 7.03. The molecule has 148 valence electrons. The Morgan fingerprint density at radius 1 is 1.03 bits per heavy atom. The highest BCUT2D eigenvalue weighted by molar-refractivity contribution is 6.08. The Balaban J connectivity index is 1.54. The van der Waals surface area contributed by atoms with Crippen LogP contribution in [0.3, 0.4) is 0 Å². The van der Waals surface area contributed by atoms with Crippen LogP contribution in [0.2, 0.25) is 0 Å². The number of carbonyl (C=O) groups excluding carboxylic acids is 2. The maximum Gasteiger partial charge on any atom is 0.294 e. The van der Waals surface area contributed by atoms with Crippen molar-refractivity contribution >= 4 is 23.0 Å². The summed E-state index contributed by atoms with van der Waals surface area (Å²) in [5.74, 6) is 0.540. The first-order valence-electron chi connectivity index (χ1n) is 10.3. The van der Waals surface area contributed by atoms with E-state index >= 15 is 0 Å². The van der Waals surface area contributed by atoms with Crippen LogP contribution in [0.4, 0.5) is 5.69 Å². The van der Waals surface area contributed by atoms with Gasteiger partial charge in [0.2, 0.25) is 5.82 Å². The molecule has 2 aliphatic rings. The van der Waals surface area contributed by atoms with Gasteiger partial charge in [-0.2, -0.15) is 0 Å². The summed E-state index contributed by atoms with van der Waals surface area (Å²) in [5, 5.41) is 0. The number of benzene rings is 1. The molecule has 0 spiro atoms. The third kappa shape index (κ3) is 2.99. The maximum absolute atomic E-state index is 13.4. The second-order valence-electron chi connectivity index (χ2n) is 8.07. The quantitative estimate of drug-likeness (QED) is 0.676. The van der Waals surface area contributed by atoms with Gasteiger partial charge in [-0.15, -0.1) is 0 Å². The monoisotopic (exact) mass is 388 g/mol. The average molecular weight is 388 g/mol. The summed E-state index contributed by atoms with van der Waals surface area (Å²) >= 11 is 0. The molecule has 1 unspecified atom stereocenters. The van der Waals surface area contributed by atoms with Crippen molar-refractivity contribution in [2.75, 3.05) is 24.5 Å². The van der Waals surface area contributed by atoms with Crippen molar-refractivity contribution in [3.8, 4) is 0 Å². The van der Waals surface area contributed by atoms with E-state index in [2.05, 4.69) is 18.0 Å². The van der Waals surface area contributed by atoms with E-state index in [1.165, 1.54) is 5.56 Å². The highest BCUT2D eigenvalue weighted by Crippen LogP contribution is 2.29. The Labute approximate surface area is 169 Å². The third-order valence-corrected chi connectivity index (χ3v) is 6.02. The molecule has 2 amide bonds. The smallest absolute Gasteiger partial charge is 0.294 e. The summed E-state index contributed by atoms with van der Waals surface area (Å²) in [5.41, 5.74) is 3.16. The number of hydrogen-bond acceptors (Lipinski definition) is 3. The Hall–Kier alpha value is -3.15. The topological polar surface area (TPSA) is 57.9 Å².